The molecular formula is C15H25ClN2O3. The van der Waals surface area contributed by atoms with Gasteiger partial charge in [-0.05, 0) is 25.0 Å². The van der Waals surface area contributed by atoms with Crippen molar-refractivity contribution in [2.45, 2.75) is 13.3 Å². The van der Waals surface area contributed by atoms with Crippen LogP contribution in [0.1, 0.15) is 11.1 Å². The van der Waals surface area contributed by atoms with E-state index in [1.54, 1.807) is 14.2 Å². The number of carbonyl (C=O) groups excluding carboxylic acids is 1. The highest BCUT2D eigenvalue weighted by Crippen LogP contribution is 2.19. The third kappa shape index (κ3) is 7.90. The third-order valence-corrected chi connectivity index (χ3v) is 2.92. The van der Waals surface area contributed by atoms with Crippen LogP contribution in [0, 0.1) is 6.92 Å². The van der Waals surface area contributed by atoms with Gasteiger partial charge in [-0.25, -0.2) is 0 Å². The summed E-state index contributed by atoms with van der Waals surface area (Å²) < 4.78 is 10.2. The van der Waals surface area contributed by atoms with Crippen LogP contribution in [0.3, 0.4) is 0 Å². The molecule has 1 amide bonds. The number of aryl methyl sites for hydroxylation is 1. The van der Waals surface area contributed by atoms with Gasteiger partial charge in [0.25, 0.3) is 0 Å². The van der Waals surface area contributed by atoms with E-state index in [1.165, 1.54) is 5.56 Å². The molecule has 0 atom stereocenters. The molecule has 0 aliphatic carbocycles. The van der Waals surface area contributed by atoms with Crippen molar-refractivity contribution in [1.29, 1.82) is 0 Å². The van der Waals surface area contributed by atoms with Crippen LogP contribution in [0.4, 0.5) is 0 Å². The molecule has 0 spiro atoms. The summed E-state index contributed by atoms with van der Waals surface area (Å²) in [5.41, 5.74) is 2.30. The summed E-state index contributed by atoms with van der Waals surface area (Å²) in [7, 11) is 3.30. The molecule has 120 valence electrons. The summed E-state index contributed by atoms with van der Waals surface area (Å²) >= 11 is 0. The van der Waals surface area contributed by atoms with E-state index in [0.29, 0.717) is 26.2 Å². The van der Waals surface area contributed by atoms with Crippen molar-refractivity contribution in [3.63, 3.8) is 0 Å². The molecule has 0 saturated heterocycles. The van der Waals surface area contributed by atoms with Crippen molar-refractivity contribution in [3.8, 4) is 5.75 Å². The molecule has 0 saturated carbocycles. The monoisotopic (exact) mass is 316 g/mol. The standard InChI is InChI=1S/C15H24N2O3.ClH/c1-12-4-5-14(20-3)13(10-12)6-7-17-15(18)11-16-8-9-19-2;/h4-5,10,16H,6-9,11H2,1-3H3,(H,17,18);1H. The van der Waals surface area contributed by atoms with E-state index in [1.807, 2.05) is 19.1 Å². The number of halogens is 1. The predicted molar refractivity (Wildman–Crippen MR) is 86.4 cm³/mol. The Balaban J connectivity index is 0.00000400. The molecule has 0 bridgehead atoms. The zero-order chi connectivity index (χ0) is 14.8. The topological polar surface area (TPSA) is 59.6 Å². The Morgan fingerprint density at radius 3 is 2.67 bits per heavy atom. The van der Waals surface area contributed by atoms with Gasteiger partial charge in [-0.1, -0.05) is 17.7 Å². The lowest BCUT2D eigenvalue weighted by atomic mass is 10.1. The van der Waals surface area contributed by atoms with Crippen LogP contribution in [0.2, 0.25) is 0 Å². The summed E-state index contributed by atoms with van der Waals surface area (Å²) in [6.45, 7) is 4.24. The van der Waals surface area contributed by atoms with Gasteiger partial charge < -0.3 is 20.1 Å². The van der Waals surface area contributed by atoms with Gasteiger partial charge in [0.05, 0.1) is 20.3 Å². The van der Waals surface area contributed by atoms with Crippen molar-refractivity contribution in [1.82, 2.24) is 10.6 Å². The molecule has 0 radical (unpaired) electrons. The molecular weight excluding hydrogens is 292 g/mol. The number of ether oxygens (including phenoxy) is 2. The summed E-state index contributed by atoms with van der Waals surface area (Å²) in [6, 6.07) is 6.06. The molecule has 5 nitrogen and oxygen atoms in total. The largest absolute Gasteiger partial charge is 0.496 e. The van der Waals surface area contributed by atoms with Crippen molar-refractivity contribution in [2.24, 2.45) is 0 Å². The molecule has 6 heteroatoms. The van der Waals surface area contributed by atoms with E-state index >= 15 is 0 Å². The van der Waals surface area contributed by atoms with Gasteiger partial charge in [-0.3, -0.25) is 4.79 Å². The second-order valence-corrected chi connectivity index (χ2v) is 4.58. The van der Waals surface area contributed by atoms with E-state index in [9.17, 15) is 4.79 Å². The number of methoxy groups -OCH3 is 2. The zero-order valence-electron chi connectivity index (χ0n) is 12.9. The molecule has 0 aliphatic rings. The first-order chi connectivity index (χ1) is 9.67. The smallest absolute Gasteiger partial charge is 0.233 e. The molecule has 0 fully saturated rings. The first-order valence-electron chi connectivity index (χ1n) is 6.77. The molecule has 0 unspecified atom stereocenters. The molecule has 1 aromatic carbocycles. The Morgan fingerprint density at radius 1 is 1.24 bits per heavy atom. The molecule has 2 N–H and O–H groups in total. The SMILES string of the molecule is COCCNCC(=O)NCCc1cc(C)ccc1OC.Cl. The Bertz CT molecular complexity index is 427. The molecule has 21 heavy (non-hydrogen) atoms. The quantitative estimate of drug-likeness (QED) is 0.675. The van der Waals surface area contributed by atoms with E-state index < -0.39 is 0 Å². The normalized spacial score (nSPS) is 9.86. The van der Waals surface area contributed by atoms with E-state index in [2.05, 4.69) is 16.7 Å². The van der Waals surface area contributed by atoms with Gasteiger partial charge in [0, 0.05) is 20.2 Å². The molecule has 1 aromatic rings. The fourth-order valence-electron chi connectivity index (χ4n) is 1.88. The van der Waals surface area contributed by atoms with E-state index in [4.69, 9.17) is 9.47 Å². The first kappa shape index (κ1) is 19.7. The highest BCUT2D eigenvalue weighted by molar-refractivity contribution is 5.85. The van der Waals surface area contributed by atoms with Crippen LogP contribution in [-0.4, -0.2) is 46.4 Å². The van der Waals surface area contributed by atoms with Gasteiger partial charge in [-0.2, -0.15) is 0 Å². The van der Waals surface area contributed by atoms with Crippen LogP contribution in [0.5, 0.6) is 5.75 Å². The first-order valence-corrected chi connectivity index (χ1v) is 6.77. The molecule has 0 heterocycles. The van der Waals surface area contributed by atoms with Crippen LogP contribution in [-0.2, 0) is 16.0 Å². The fraction of sp³-hybridized carbons (Fsp3) is 0.533. The van der Waals surface area contributed by atoms with Crippen LogP contribution >= 0.6 is 12.4 Å². The van der Waals surface area contributed by atoms with Gasteiger partial charge in [0.15, 0.2) is 0 Å². The Hall–Kier alpha value is -1.30. The van der Waals surface area contributed by atoms with E-state index in [0.717, 1.165) is 17.7 Å². The average Bonchev–Trinajstić information content (AvgIpc) is 2.44. The highest BCUT2D eigenvalue weighted by Gasteiger charge is 2.04. The van der Waals surface area contributed by atoms with Crippen molar-refractivity contribution >= 4 is 18.3 Å². The van der Waals surface area contributed by atoms with Gasteiger partial charge >= 0.3 is 0 Å². The van der Waals surface area contributed by atoms with Crippen LogP contribution in [0.25, 0.3) is 0 Å². The lowest BCUT2D eigenvalue weighted by molar-refractivity contribution is -0.120. The Kier molecular flexibility index (Phi) is 10.7. The number of hydrogen-bond acceptors (Lipinski definition) is 4. The van der Waals surface area contributed by atoms with E-state index in [-0.39, 0.29) is 18.3 Å². The number of nitrogens with one attached hydrogen (secondary N) is 2. The van der Waals surface area contributed by atoms with Crippen molar-refractivity contribution in [3.05, 3.63) is 29.3 Å². The maximum Gasteiger partial charge on any atom is 0.233 e. The molecule has 1 rings (SSSR count). The summed E-state index contributed by atoms with van der Waals surface area (Å²) in [4.78, 5) is 11.6. The number of rotatable bonds is 9. The fourth-order valence-corrected chi connectivity index (χ4v) is 1.88. The second kappa shape index (κ2) is 11.4. The average molecular weight is 317 g/mol. The number of hydrogen-bond donors (Lipinski definition) is 2. The van der Waals surface area contributed by atoms with Gasteiger partial charge in [0.1, 0.15) is 5.75 Å². The second-order valence-electron chi connectivity index (χ2n) is 4.58. The molecule has 0 aliphatic heterocycles. The summed E-state index contributed by atoms with van der Waals surface area (Å²) in [6.07, 6.45) is 0.759. The predicted octanol–water partition coefficient (Wildman–Crippen LogP) is 1.32. The zero-order valence-corrected chi connectivity index (χ0v) is 13.7. The summed E-state index contributed by atoms with van der Waals surface area (Å²) in [5.74, 6) is 0.857. The number of benzene rings is 1. The van der Waals surface area contributed by atoms with Gasteiger partial charge in [-0.15, -0.1) is 12.4 Å². The maximum atomic E-state index is 11.6. The lowest BCUT2D eigenvalue weighted by Gasteiger charge is -2.10. The van der Waals surface area contributed by atoms with Crippen molar-refractivity contribution < 1.29 is 14.3 Å². The van der Waals surface area contributed by atoms with Crippen molar-refractivity contribution in [2.75, 3.05) is 40.5 Å². The third-order valence-electron chi connectivity index (χ3n) is 2.92. The van der Waals surface area contributed by atoms with Crippen LogP contribution < -0.4 is 15.4 Å². The van der Waals surface area contributed by atoms with Gasteiger partial charge in [0.2, 0.25) is 5.91 Å². The Labute approximate surface area is 132 Å². The van der Waals surface area contributed by atoms with Crippen LogP contribution in [0.15, 0.2) is 18.2 Å². The highest BCUT2D eigenvalue weighted by atomic mass is 35.5. The maximum absolute atomic E-state index is 11.6. The minimum absolute atomic E-state index is 0. The molecule has 0 aromatic heterocycles. The Morgan fingerprint density at radius 2 is 2.00 bits per heavy atom. The minimum atomic E-state index is -0.00674. The minimum Gasteiger partial charge on any atom is -0.496 e. The number of carbonyl (C=O) groups is 1. The lowest BCUT2D eigenvalue weighted by Crippen LogP contribution is -2.36. The summed E-state index contributed by atoms with van der Waals surface area (Å²) in [5, 5.41) is 5.89. The number of amides is 1.